The minimum Gasteiger partial charge on any atom is -1.00 e. The Bertz CT molecular complexity index is 768. The summed E-state index contributed by atoms with van der Waals surface area (Å²) in [4.78, 5) is 0. The fourth-order valence-corrected chi connectivity index (χ4v) is 3.07. The molecule has 0 spiro atoms. The van der Waals surface area contributed by atoms with Gasteiger partial charge < -0.3 is 22.5 Å². The number of rotatable bonds is 8. The van der Waals surface area contributed by atoms with Crippen molar-refractivity contribution < 1.29 is 17.1 Å². The lowest BCUT2D eigenvalue weighted by atomic mass is 10.2. The van der Waals surface area contributed by atoms with Crippen LogP contribution in [0.25, 0.3) is 5.69 Å². The first-order valence-electron chi connectivity index (χ1n) is 7.67. The molecule has 0 bridgehead atoms. The molecule has 0 amide bonds. The highest BCUT2D eigenvalue weighted by atomic mass is 35.5. The van der Waals surface area contributed by atoms with Crippen LogP contribution in [0.5, 0.6) is 5.75 Å². The van der Waals surface area contributed by atoms with Gasteiger partial charge in [0.15, 0.2) is 0 Å². The van der Waals surface area contributed by atoms with Gasteiger partial charge in [-0.2, -0.15) is 4.68 Å². The van der Waals surface area contributed by atoms with Crippen LogP contribution in [-0.2, 0) is 6.54 Å². The maximum absolute atomic E-state index is 5.35. The molecule has 132 valence electrons. The van der Waals surface area contributed by atoms with E-state index in [-0.39, 0.29) is 12.4 Å². The van der Waals surface area contributed by atoms with Crippen LogP contribution in [0.2, 0.25) is 0 Å². The van der Waals surface area contributed by atoms with E-state index < -0.39 is 0 Å². The molecular weight excluding hydrogens is 358 g/mol. The fraction of sp³-hybridized carbons (Fsp3) is 0.235. The molecule has 0 aliphatic rings. The average molecular weight is 377 g/mol. The van der Waals surface area contributed by atoms with Crippen molar-refractivity contribution in [1.82, 2.24) is 25.5 Å². The van der Waals surface area contributed by atoms with Crippen LogP contribution >= 0.6 is 11.8 Å². The third-order valence-electron chi connectivity index (χ3n) is 3.46. The zero-order valence-electron chi connectivity index (χ0n) is 13.8. The summed E-state index contributed by atoms with van der Waals surface area (Å²) in [5.74, 6) is 1.79. The van der Waals surface area contributed by atoms with Crippen LogP contribution in [-0.4, -0.2) is 39.6 Å². The molecule has 0 saturated carbocycles. The van der Waals surface area contributed by atoms with Crippen LogP contribution in [0.3, 0.4) is 0 Å². The average Bonchev–Trinajstić information content (AvgIpc) is 3.11. The lowest BCUT2D eigenvalue weighted by molar-refractivity contribution is -0.00000526. The van der Waals surface area contributed by atoms with Crippen molar-refractivity contribution in [3.05, 3.63) is 60.2 Å². The predicted octanol–water partition coefficient (Wildman–Crippen LogP) is -0.443. The Hall–Kier alpha value is -2.09. The molecule has 25 heavy (non-hydrogen) atoms. The first-order chi connectivity index (χ1) is 11.9. The molecule has 2 aromatic carbocycles. The van der Waals surface area contributed by atoms with Gasteiger partial charge >= 0.3 is 0 Å². The molecule has 0 atom stereocenters. The van der Waals surface area contributed by atoms with Crippen molar-refractivity contribution in [3.63, 3.8) is 0 Å². The van der Waals surface area contributed by atoms with E-state index in [0.29, 0.717) is 0 Å². The van der Waals surface area contributed by atoms with Gasteiger partial charge in [0.05, 0.1) is 12.8 Å². The number of ether oxygens (including phenoxy) is 1. The van der Waals surface area contributed by atoms with Crippen LogP contribution in [0.4, 0.5) is 0 Å². The minimum atomic E-state index is 0. The van der Waals surface area contributed by atoms with E-state index in [9.17, 15) is 0 Å². The molecule has 6 nitrogen and oxygen atoms in total. The van der Waals surface area contributed by atoms with Gasteiger partial charge in [0.1, 0.15) is 5.75 Å². The lowest BCUT2D eigenvalue weighted by Gasteiger charge is -2.09. The number of nitrogens with one attached hydrogen (secondary N) is 1. The van der Waals surface area contributed by atoms with Crippen molar-refractivity contribution in [2.75, 3.05) is 19.4 Å². The summed E-state index contributed by atoms with van der Waals surface area (Å²) in [6.45, 7) is 1.62. The van der Waals surface area contributed by atoms with E-state index in [2.05, 4.69) is 26.9 Å². The molecule has 8 heteroatoms. The molecule has 1 N–H and O–H groups in total. The van der Waals surface area contributed by atoms with Crippen molar-refractivity contribution >= 4 is 11.8 Å². The molecule has 1 heterocycles. The Morgan fingerprint density at radius 2 is 1.84 bits per heavy atom. The van der Waals surface area contributed by atoms with E-state index in [1.807, 2.05) is 48.5 Å². The number of para-hydroxylation sites is 2. The van der Waals surface area contributed by atoms with E-state index >= 15 is 0 Å². The van der Waals surface area contributed by atoms with E-state index in [1.165, 1.54) is 0 Å². The smallest absolute Gasteiger partial charge is 0.214 e. The number of halogens is 1. The lowest BCUT2D eigenvalue weighted by Crippen LogP contribution is -3.00. The van der Waals surface area contributed by atoms with Crippen molar-refractivity contribution in [2.24, 2.45) is 0 Å². The normalized spacial score (nSPS) is 10.3. The van der Waals surface area contributed by atoms with Crippen molar-refractivity contribution in [3.8, 4) is 11.4 Å². The Labute approximate surface area is 157 Å². The highest BCUT2D eigenvalue weighted by Crippen LogP contribution is 2.18. The summed E-state index contributed by atoms with van der Waals surface area (Å²) < 4.78 is 7.11. The Balaban J connectivity index is 0.00000225. The molecule has 0 aliphatic carbocycles. The van der Waals surface area contributed by atoms with Gasteiger partial charge in [0.2, 0.25) is 5.16 Å². The molecule has 0 radical (unpaired) electrons. The second-order valence-corrected chi connectivity index (χ2v) is 6.11. The van der Waals surface area contributed by atoms with Crippen LogP contribution < -0.4 is 22.5 Å². The van der Waals surface area contributed by atoms with E-state index in [4.69, 9.17) is 4.74 Å². The van der Waals surface area contributed by atoms with Gasteiger partial charge in [-0.15, -0.1) is 5.10 Å². The summed E-state index contributed by atoms with van der Waals surface area (Å²) in [6, 6.07) is 17.9. The molecule has 0 aliphatic heterocycles. The summed E-state index contributed by atoms with van der Waals surface area (Å²) in [7, 11) is 1.69. The minimum absolute atomic E-state index is 0. The molecule has 1 aromatic heterocycles. The zero-order valence-corrected chi connectivity index (χ0v) is 15.4. The molecule has 0 unspecified atom stereocenters. The predicted molar refractivity (Wildman–Crippen MR) is 94.6 cm³/mol. The van der Waals surface area contributed by atoms with Crippen LogP contribution in [0, 0.1) is 0 Å². The monoisotopic (exact) mass is 376 g/mol. The third kappa shape index (κ3) is 5.19. The molecule has 0 saturated heterocycles. The third-order valence-corrected chi connectivity index (χ3v) is 4.38. The number of methoxy groups -OCH3 is 1. The van der Waals surface area contributed by atoms with Crippen molar-refractivity contribution in [2.45, 2.75) is 11.7 Å². The molecule has 3 rings (SSSR count). The Morgan fingerprint density at radius 1 is 1.08 bits per heavy atom. The summed E-state index contributed by atoms with van der Waals surface area (Å²) in [5.41, 5.74) is 2.12. The first kappa shape index (κ1) is 19.2. The highest BCUT2D eigenvalue weighted by Gasteiger charge is 2.08. The first-order valence-corrected chi connectivity index (χ1v) is 8.66. The number of thioether (sulfide) groups is 1. The second-order valence-electron chi connectivity index (χ2n) is 5.05. The van der Waals surface area contributed by atoms with E-state index in [0.717, 1.165) is 41.0 Å². The number of hydrogen-bond acceptors (Lipinski definition) is 6. The van der Waals surface area contributed by atoms with E-state index in [1.54, 1.807) is 23.6 Å². The van der Waals surface area contributed by atoms with Crippen molar-refractivity contribution in [1.29, 1.82) is 0 Å². The number of hydrogen-bond donors (Lipinski definition) is 1. The van der Waals surface area contributed by atoms with Crippen LogP contribution in [0.1, 0.15) is 5.56 Å². The summed E-state index contributed by atoms with van der Waals surface area (Å²) in [5, 5.41) is 16.1. The highest BCUT2D eigenvalue weighted by molar-refractivity contribution is 7.99. The van der Waals surface area contributed by atoms with Gasteiger partial charge in [0.25, 0.3) is 0 Å². The van der Waals surface area contributed by atoms with Gasteiger partial charge in [0, 0.05) is 24.4 Å². The Kier molecular flexibility index (Phi) is 7.72. The fourth-order valence-electron chi connectivity index (χ4n) is 2.29. The Morgan fingerprint density at radius 3 is 2.64 bits per heavy atom. The SMILES string of the molecule is COc1ccccc1CNCCSc1nnnn1-c1ccccc1.[Cl-]. The van der Waals surface area contributed by atoms with Crippen LogP contribution in [0.15, 0.2) is 59.8 Å². The topological polar surface area (TPSA) is 64.9 Å². The zero-order chi connectivity index (χ0) is 16.6. The maximum Gasteiger partial charge on any atom is 0.214 e. The quantitative estimate of drug-likeness (QED) is 0.424. The van der Waals surface area contributed by atoms with Gasteiger partial charge in [-0.3, -0.25) is 0 Å². The number of benzene rings is 2. The van der Waals surface area contributed by atoms with Gasteiger partial charge in [-0.1, -0.05) is 48.2 Å². The molecular formula is C17H19ClN5OS-. The maximum atomic E-state index is 5.35. The second kappa shape index (κ2) is 10.0. The molecule has 3 aromatic rings. The van der Waals surface area contributed by atoms with Gasteiger partial charge in [-0.05, 0) is 28.6 Å². The standard InChI is InChI=1S/C17H19N5OS.ClH/c1-23-16-10-6-5-7-14(16)13-18-11-12-24-17-19-20-21-22(17)15-8-3-2-4-9-15;/h2-10,18H,11-13H2,1H3;1H/p-1. The summed E-state index contributed by atoms with van der Waals surface area (Å²) >= 11 is 1.63. The number of aromatic nitrogens is 4. The number of nitrogens with zero attached hydrogens (tertiary/aromatic N) is 4. The molecule has 0 fully saturated rings. The summed E-state index contributed by atoms with van der Waals surface area (Å²) in [6.07, 6.45) is 0. The number of tetrazole rings is 1. The largest absolute Gasteiger partial charge is 1.00 e. The van der Waals surface area contributed by atoms with Gasteiger partial charge in [-0.25, -0.2) is 0 Å².